The third-order valence-electron chi connectivity index (χ3n) is 3.00. The molecule has 1 aliphatic rings. The zero-order valence-electron chi connectivity index (χ0n) is 8.52. The Bertz CT molecular complexity index is 319. The molecule has 76 valence electrons. The van der Waals surface area contributed by atoms with E-state index >= 15 is 0 Å². The predicted molar refractivity (Wildman–Crippen MR) is 55.5 cm³/mol. The Morgan fingerprint density at radius 1 is 1.64 bits per heavy atom. The molecule has 1 aliphatic heterocycles. The Balaban J connectivity index is 1.99. The molecule has 1 aromatic heterocycles. The molecule has 1 fully saturated rings. The smallest absolute Gasteiger partial charge is 0.151 e. The first-order chi connectivity index (χ1) is 6.79. The van der Waals surface area contributed by atoms with Gasteiger partial charge in [0.25, 0.3) is 0 Å². The fourth-order valence-corrected chi connectivity index (χ4v) is 2.10. The van der Waals surface area contributed by atoms with Crippen LogP contribution in [0.3, 0.4) is 0 Å². The van der Waals surface area contributed by atoms with Crippen molar-refractivity contribution in [2.24, 2.45) is 0 Å². The summed E-state index contributed by atoms with van der Waals surface area (Å²) in [4.78, 5) is 12.9. The molecule has 0 amide bonds. The minimum atomic E-state index is 0.641. The van der Waals surface area contributed by atoms with Crippen molar-refractivity contribution < 1.29 is 4.79 Å². The fraction of sp³-hybridized carbons (Fsp3) is 0.545. The van der Waals surface area contributed by atoms with Crippen LogP contribution >= 0.6 is 0 Å². The molecule has 0 aliphatic carbocycles. The van der Waals surface area contributed by atoms with Crippen molar-refractivity contribution in [3.63, 3.8) is 0 Å². The van der Waals surface area contributed by atoms with E-state index in [0.29, 0.717) is 6.04 Å². The van der Waals surface area contributed by atoms with Gasteiger partial charge in [0.1, 0.15) is 0 Å². The number of nitrogens with zero attached hydrogens (tertiary/aromatic N) is 2. The average molecular weight is 192 g/mol. The molecule has 1 aromatic rings. The van der Waals surface area contributed by atoms with Crippen molar-refractivity contribution in [2.75, 3.05) is 13.6 Å². The number of aromatic nitrogens is 1. The maximum atomic E-state index is 10.5. The third-order valence-corrected chi connectivity index (χ3v) is 3.00. The van der Waals surface area contributed by atoms with E-state index in [1.807, 2.05) is 18.5 Å². The first-order valence-electron chi connectivity index (χ1n) is 5.11. The van der Waals surface area contributed by atoms with Gasteiger partial charge in [0.05, 0.1) is 0 Å². The molecule has 0 saturated carbocycles. The van der Waals surface area contributed by atoms with Crippen LogP contribution in [0.25, 0.3) is 0 Å². The zero-order valence-corrected chi connectivity index (χ0v) is 8.52. The minimum Gasteiger partial charge on any atom is -0.352 e. The average Bonchev–Trinajstić information content (AvgIpc) is 2.77. The summed E-state index contributed by atoms with van der Waals surface area (Å²) >= 11 is 0. The molecule has 0 aromatic carbocycles. The van der Waals surface area contributed by atoms with E-state index in [1.165, 1.54) is 19.4 Å². The van der Waals surface area contributed by atoms with Gasteiger partial charge in [0, 0.05) is 30.5 Å². The summed E-state index contributed by atoms with van der Waals surface area (Å²) in [5.74, 6) is 0. The van der Waals surface area contributed by atoms with Gasteiger partial charge in [-0.2, -0.15) is 0 Å². The molecule has 3 heteroatoms. The summed E-state index contributed by atoms with van der Waals surface area (Å²) in [7, 11) is 2.17. The first-order valence-corrected chi connectivity index (χ1v) is 5.11. The van der Waals surface area contributed by atoms with Crippen molar-refractivity contribution in [1.29, 1.82) is 0 Å². The summed E-state index contributed by atoms with van der Waals surface area (Å²) in [5.41, 5.74) is 0.769. The van der Waals surface area contributed by atoms with Crippen LogP contribution in [0.15, 0.2) is 18.5 Å². The normalized spacial score (nSPS) is 22.8. The largest absolute Gasteiger partial charge is 0.352 e. The zero-order chi connectivity index (χ0) is 9.97. The Hall–Kier alpha value is -1.09. The van der Waals surface area contributed by atoms with Crippen molar-refractivity contribution in [1.82, 2.24) is 9.47 Å². The first kappa shape index (κ1) is 9.46. The van der Waals surface area contributed by atoms with Crippen molar-refractivity contribution >= 4 is 6.29 Å². The number of hydrogen-bond donors (Lipinski definition) is 0. The quantitative estimate of drug-likeness (QED) is 0.676. The highest BCUT2D eigenvalue weighted by atomic mass is 16.1. The highest BCUT2D eigenvalue weighted by Crippen LogP contribution is 2.16. The van der Waals surface area contributed by atoms with Crippen LogP contribution in [0.2, 0.25) is 0 Å². The molecule has 0 N–H and O–H groups in total. The Labute approximate surface area is 84.3 Å². The molecule has 0 bridgehead atoms. The van der Waals surface area contributed by atoms with E-state index in [0.717, 1.165) is 18.4 Å². The van der Waals surface area contributed by atoms with Crippen molar-refractivity contribution in [2.45, 2.75) is 25.4 Å². The maximum absolute atomic E-state index is 10.5. The number of hydrogen-bond acceptors (Lipinski definition) is 2. The summed E-state index contributed by atoms with van der Waals surface area (Å²) < 4.78 is 2.11. The molecular weight excluding hydrogens is 176 g/mol. The van der Waals surface area contributed by atoms with Gasteiger partial charge in [-0.25, -0.2) is 0 Å². The predicted octanol–water partition coefficient (Wildman–Crippen LogP) is 1.39. The second-order valence-electron chi connectivity index (χ2n) is 4.04. The van der Waals surface area contributed by atoms with E-state index in [-0.39, 0.29) is 0 Å². The van der Waals surface area contributed by atoms with Gasteiger partial charge in [0.15, 0.2) is 6.29 Å². The van der Waals surface area contributed by atoms with Gasteiger partial charge >= 0.3 is 0 Å². The van der Waals surface area contributed by atoms with Crippen LogP contribution in [0, 0.1) is 0 Å². The standard InChI is InChI=1S/C11H16N2O/c1-12-5-2-3-11(12)8-13-6-4-10(7-13)9-14/h4,6-7,9,11H,2-3,5,8H2,1H3. The molecule has 3 nitrogen and oxygen atoms in total. The number of carbonyl (C=O) groups is 1. The molecule has 1 saturated heterocycles. The molecule has 14 heavy (non-hydrogen) atoms. The molecule has 1 unspecified atom stereocenters. The maximum Gasteiger partial charge on any atom is 0.151 e. The Morgan fingerprint density at radius 2 is 2.50 bits per heavy atom. The Kier molecular flexibility index (Phi) is 2.68. The number of likely N-dealkylation sites (N-methyl/N-ethyl adjacent to an activating group) is 1. The highest BCUT2D eigenvalue weighted by molar-refractivity contribution is 5.74. The summed E-state index contributed by atoms with van der Waals surface area (Å²) in [6.07, 6.45) is 7.36. The van der Waals surface area contributed by atoms with Gasteiger partial charge in [-0.15, -0.1) is 0 Å². The summed E-state index contributed by atoms with van der Waals surface area (Å²) in [6.45, 7) is 2.21. The van der Waals surface area contributed by atoms with Gasteiger partial charge < -0.3 is 9.47 Å². The van der Waals surface area contributed by atoms with E-state index in [9.17, 15) is 4.79 Å². The second kappa shape index (κ2) is 3.96. The molecule has 0 radical (unpaired) electrons. The van der Waals surface area contributed by atoms with Gasteiger partial charge in [-0.3, -0.25) is 4.79 Å². The topological polar surface area (TPSA) is 25.2 Å². The lowest BCUT2D eigenvalue weighted by molar-refractivity contribution is 0.112. The molecule has 2 rings (SSSR count). The van der Waals surface area contributed by atoms with Gasteiger partial charge in [-0.05, 0) is 32.5 Å². The van der Waals surface area contributed by atoms with E-state index in [1.54, 1.807) is 0 Å². The molecular formula is C11H16N2O. The van der Waals surface area contributed by atoms with E-state index < -0.39 is 0 Å². The van der Waals surface area contributed by atoms with Crippen LogP contribution in [0.5, 0.6) is 0 Å². The summed E-state index contributed by atoms with van der Waals surface area (Å²) in [6, 6.07) is 2.50. The number of aldehydes is 1. The van der Waals surface area contributed by atoms with Crippen molar-refractivity contribution in [3.05, 3.63) is 24.0 Å². The van der Waals surface area contributed by atoms with Crippen LogP contribution in [0.4, 0.5) is 0 Å². The minimum absolute atomic E-state index is 0.641. The lowest BCUT2D eigenvalue weighted by Crippen LogP contribution is -2.28. The number of carbonyl (C=O) groups excluding carboxylic acids is 1. The number of likely N-dealkylation sites (tertiary alicyclic amines) is 1. The van der Waals surface area contributed by atoms with Crippen LogP contribution in [0.1, 0.15) is 23.2 Å². The number of rotatable bonds is 3. The SMILES string of the molecule is CN1CCCC1Cn1ccc(C=O)c1. The second-order valence-corrected chi connectivity index (χ2v) is 4.04. The van der Waals surface area contributed by atoms with Crippen molar-refractivity contribution in [3.8, 4) is 0 Å². The molecule has 1 atom stereocenters. The molecule has 0 spiro atoms. The lowest BCUT2D eigenvalue weighted by Gasteiger charge is -2.19. The van der Waals surface area contributed by atoms with Crippen LogP contribution in [-0.2, 0) is 6.54 Å². The monoisotopic (exact) mass is 192 g/mol. The van der Waals surface area contributed by atoms with Gasteiger partial charge in [0.2, 0.25) is 0 Å². The fourth-order valence-electron chi connectivity index (χ4n) is 2.10. The highest BCUT2D eigenvalue weighted by Gasteiger charge is 2.20. The molecule has 2 heterocycles. The van der Waals surface area contributed by atoms with Gasteiger partial charge in [-0.1, -0.05) is 0 Å². The van der Waals surface area contributed by atoms with Crippen LogP contribution < -0.4 is 0 Å². The van der Waals surface area contributed by atoms with E-state index in [2.05, 4.69) is 16.5 Å². The Morgan fingerprint density at radius 3 is 3.07 bits per heavy atom. The lowest BCUT2D eigenvalue weighted by atomic mass is 10.2. The van der Waals surface area contributed by atoms with E-state index in [4.69, 9.17) is 0 Å². The third kappa shape index (κ3) is 1.87. The summed E-state index contributed by atoms with van der Waals surface area (Å²) in [5, 5.41) is 0. The van der Waals surface area contributed by atoms with Crippen LogP contribution in [-0.4, -0.2) is 35.4 Å².